The van der Waals surface area contributed by atoms with E-state index in [4.69, 9.17) is 9.47 Å². The number of benzene rings is 1. The summed E-state index contributed by atoms with van der Waals surface area (Å²) in [5, 5.41) is 1.16. The number of hydrogen-bond donors (Lipinski definition) is 0. The molecule has 27 heavy (non-hydrogen) atoms. The van der Waals surface area contributed by atoms with Crippen molar-refractivity contribution < 1.29 is 9.47 Å². The van der Waals surface area contributed by atoms with E-state index >= 15 is 0 Å². The van der Waals surface area contributed by atoms with Gasteiger partial charge in [-0.2, -0.15) is 0 Å². The zero-order valence-corrected chi connectivity index (χ0v) is 15.6. The molecular formula is C23H24N2O2. The third-order valence-electron chi connectivity index (χ3n) is 5.13. The zero-order chi connectivity index (χ0) is 18.5. The van der Waals surface area contributed by atoms with Gasteiger partial charge in [0.25, 0.3) is 0 Å². The molecule has 4 rings (SSSR count). The van der Waals surface area contributed by atoms with Gasteiger partial charge >= 0.3 is 0 Å². The van der Waals surface area contributed by atoms with Crippen molar-refractivity contribution in [2.75, 3.05) is 13.7 Å². The molecule has 0 spiro atoms. The van der Waals surface area contributed by atoms with Crippen LogP contribution in [0.15, 0.2) is 48.8 Å². The fourth-order valence-electron chi connectivity index (χ4n) is 3.70. The summed E-state index contributed by atoms with van der Waals surface area (Å²) in [6.07, 6.45) is 10.6. The van der Waals surface area contributed by atoms with E-state index in [2.05, 4.69) is 39.7 Å². The van der Waals surface area contributed by atoms with E-state index in [1.54, 1.807) is 7.11 Å². The highest BCUT2D eigenvalue weighted by molar-refractivity contribution is 5.77. The number of aromatic nitrogens is 2. The van der Waals surface area contributed by atoms with Crippen molar-refractivity contribution in [3.63, 3.8) is 0 Å². The fraction of sp³-hybridized carbons (Fsp3) is 0.348. The average Bonchev–Trinajstić information content (AvgIpc) is 3.15. The summed E-state index contributed by atoms with van der Waals surface area (Å²) in [4.78, 5) is 4.68. The molecule has 0 bridgehead atoms. The third-order valence-corrected chi connectivity index (χ3v) is 5.13. The first-order valence-electron chi connectivity index (χ1n) is 9.56. The minimum atomic E-state index is 0.341. The number of nitrogens with zero attached hydrogens (tertiary/aromatic N) is 2. The molecule has 1 fully saturated rings. The highest BCUT2D eigenvalue weighted by Gasteiger charge is 2.17. The molecule has 0 unspecified atom stereocenters. The molecule has 0 amide bonds. The van der Waals surface area contributed by atoms with Crippen molar-refractivity contribution in [3.8, 4) is 23.3 Å². The van der Waals surface area contributed by atoms with Crippen LogP contribution >= 0.6 is 0 Å². The Kier molecular flexibility index (Phi) is 5.29. The molecule has 3 aromatic rings. The van der Waals surface area contributed by atoms with Gasteiger partial charge in [-0.3, -0.25) is 0 Å². The SMILES string of the molecule is COc1ccc(OCC#Cc2cnc3c(ccn3C3CCCCC3)c2)cc1. The first kappa shape index (κ1) is 17.5. The highest BCUT2D eigenvalue weighted by atomic mass is 16.5. The van der Waals surface area contributed by atoms with Crippen molar-refractivity contribution in [1.82, 2.24) is 9.55 Å². The molecule has 138 valence electrons. The predicted octanol–water partition coefficient (Wildman–Crippen LogP) is 4.98. The molecule has 0 saturated heterocycles. The van der Waals surface area contributed by atoms with Gasteiger partial charge in [-0.25, -0.2) is 4.98 Å². The van der Waals surface area contributed by atoms with Crippen molar-refractivity contribution in [2.45, 2.75) is 38.1 Å². The second-order valence-corrected chi connectivity index (χ2v) is 6.92. The Bertz CT molecular complexity index is 957. The van der Waals surface area contributed by atoms with Gasteiger partial charge in [0.15, 0.2) is 0 Å². The van der Waals surface area contributed by atoms with Gasteiger partial charge in [0.1, 0.15) is 23.8 Å². The zero-order valence-electron chi connectivity index (χ0n) is 15.6. The summed E-state index contributed by atoms with van der Waals surface area (Å²) in [5.74, 6) is 7.80. The van der Waals surface area contributed by atoms with Gasteiger partial charge < -0.3 is 14.0 Å². The molecule has 1 aliphatic rings. The van der Waals surface area contributed by atoms with Gasteiger partial charge in [-0.1, -0.05) is 31.1 Å². The predicted molar refractivity (Wildman–Crippen MR) is 107 cm³/mol. The Balaban J connectivity index is 1.41. The number of ether oxygens (including phenoxy) is 2. The van der Waals surface area contributed by atoms with E-state index in [9.17, 15) is 0 Å². The Hall–Kier alpha value is -2.93. The normalized spacial score (nSPS) is 14.6. The van der Waals surface area contributed by atoms with Crippen molar-refractivity contribution >= 4 is 11.0 Å². The van der Waals surface area contributed by atoms with Crippen LogP contribution in [0.3, 0.4) is 0 Å². The van der Waals surface area contributed by atoms with Crippen LogP contribution < -0.4 is 9.47 Å². The average molecular weight is 360 g/mol. The van der Waals surface area contributed by atoms with E-state index in [0.717, 1.165) is 28.1 Å². The second kappa shape index (κ2) is 8.18. The van der Waals surface area contributed by atoms with E-state index in [1.807, 2.05) is 30.5 Å². The Labute approximate surface area is 160 Å². The van der Waals surface area contributed by atoms with E-state index < -0.39 is 0 Å². The molecule has 4 heteroatoms. The second-order valence-electron chi connectivity index (χ2n) is 6.92. The minimum absolute atomic E-state index is 0.341. The van der Waals surface area contributed by atoms with Crippen LogP contribution in [0, 0.1) is 11.8 Å². The summed E-state index contributed by atoms with van der Waals surface area (Å²) in [6.45, 7) is 0.341. The summed E-state index contributed by atoms with van der Waals surface area (Å²) < 4.78 is 13.1. The fourth-order valence-corrected chi connectivity index (χ4v) is 3.70. The van der Waals surface area contributed by atoms with Crippen molar-refractivity contribution in [2.24, 2.45) is 0 Å². The molecule has 0 atom stereocenters. The molecule has 1 saturated carbocycles. The molecule has 2 aromatic heterocycles. The molecule has 0 N–H and O–H groups in total. The monoisotopic (exact) mass is 360 g/mol. The van der Waals surface area contributed by atoms with Crippen LogP contribution in [-0.2, 0) is 0 Å². The maximum absolute atomic E-state index is 5.64. The van der Waals surface area contributed by atoms with Crippen LogP contribution in [0.5, 0.6) is 11.5 Å². The molecule has 1 aromatic carbocycles. The number of hydrogen-bond acceptors (Lipinski definition) is 3. The maximum Gasteiger partial charge on any atom is 0.149 e. The quantitative estimate of drug-likeness (QED) is 0.616. The van der Waals surface area contributed by atoms with E-state index in [0.29, 0.717) is 12.6 Å². The first-order valence-corrected chi connectivity index (χ1v) is 9.56. The lowest BCUT2D eigenvalue weighted by atomic mass is 9.95. The Morgan fingerprint density at radius 1 is 1.07 bits per heavy atom. The van der Waals surface area contributed by atoms with E-state index in [-0.39, 0.29) is 0 Å². The topological polar surface area (TPSA) is 36.3 Å². The Morgan fingerprint density at radius 3 is 2.63 bits per heavy atom. The molecule has 2 heterocycles. The lowest BCUT2D eigenvalue weighted by Gasteiger charge is -2.23. The number of rotatable bonds is 4. The highest BCUT2D eigenvalue weighted by Crippen LogP contribution is 2.31. The summed E-state index contributed by atoms with van der Waals surface area (Å²) in [6, 6.07) is 12.4. The van der Waals surface area contributed by atoms with Crippen molar-refractivity contribution in [1.29, 1.82) is 0 Å². The number of fused-ring (bicyclic) bond motifs is 1. The molecule has 1 aliphatic carbocycles. The third kappa shape index (κ3) is 4.09. The summed E-state index contributed by atoms with van der Waals surface area (Å²) >= 11 is 0. The van der Waals surface area contributed by atoms with Crippen LogP contribution in [0.1, 0.15) is 43.7 Å². The maximum atomic E-state index is 5.64. The van der Waals surface area contributed by atoms with Gasteiger partial charge in [0, 0.05) is 29.4 Å². The number of pyridine rings is 1. The molecular weight excluding hydrogens is 336 g/mol. The lowest BCUT2D eigenvalue weighted by Crippen LogP contribution is -2.12. The van der Waals surface area contributed by atoms with E-state index in [1.165, 1.54) is 32.1 Å². The van der Waals surface area contributed by atoms with Crippen LogP contribution in [-0.4, -0.2) is 23.3 Å². The standard InChI is InChI=1S/C23H24N2O2/c1-26-21-9-11-22(12-10-21)27-15-5-6-18-16-19-13-14-25(23(19)24-17-18)20-7-3-2-4-8-20/h9-14,16-17,20H,2-4,7-8,15H2,1H3. The molecule has 0 radical (unpaired) electrons. The van der Waals surface area contributed by atoms with Crippen LogP contribution in [0.2, 0.25) is 0 Å². The smallest absolute Gasteiger partial charge is 0.149 e. The first-order chi connectivity index (χ1) is 13.3. The van der Waals surface area contributed by atoms with Gasteiger partial charge in [0.2, 0.25) is 0 Å². The van der Waals surface area contributed by atoms with Crippen LogP contribution in [0.25, 0.3) is 11.0 Å². The summed E-state index contributed by atoms with van der Waals surface area (Å²) in [5.41, 5.74) is 1.99. The largest absolute Gasteiger partial charge is 0.497 e. The Morgan fingerprint density at radius 2 is 1.85 bits per heavy atom. The summed E-state index contributed by atoms with van der Waals surface area (Å²) in [7, 11) is 1.65. The molecule has 4 nitrogen and oxygen atoms in total. The minimum Gasteiger partial charge on any atom is -0.497 e. The molecule has 0 aliphatic heterocycles. The van der Waals surface area contributed by atoms with Gasteiger partial charge in [0.05, 0.1) is 7.11 Å². The van der Waals surface area contributed by atoms with Gasteiger partial charge in [-0.05, 0) is 49.2 Å². The van der Waals surface area contributed by atoms with Gasteiger partial charge in [-0.15, -0.1) is 0 Å². The van der Waals surface area contributed by atoms with Crippen molar-refractivity contribution in [3.05, 3.63) is 54.4 Å². The van der Waals surface area contributed by atoms with Crippen LogP contribution in [0.4, 0.5) is 0 Å². The lowest BCUT2D eigenvalue weighted by molar-refractivity contribution is 0.359. The number of methoxy groups -OCH3 is 1.